The largest absolute Gasteiger partial charge is 0.388 e. The quantitative estimate of drug-likeness (QED) is 0.648. The predicted octanol–water partition coefficient (Wildman–Crippen LogP) is 0.732. The number of nitrogens with two attached hydrogens (primary N) is 1. The molecule has 0 aromatic rings. The van der Waals surface area contributed by atoms with E-state index in [1.807, 2.05) is 6.26 Å². The van der Waals surface area contributed by atoms with Crippen LogP contribution in [0.15, 0.2) is 0 Å². The van der Waals surface area contributed by atoms with Crippen molar-refractivity contribution in [2.75, 3.05) is 12.0 Å². The molecular formula is C11H24N2O2S. The van der Waals surface area contributed by atoms with Crippen LogP contribution in [-0.2, 0) is 4.79 Å². The van der Waals surface area contributed by atoms with Gasteiger partial charge >= 0.3 is 0 Å². The SMILES string of the molecule is CSCC[C@@H](N)C(=O)NC(C)(C)C(C)(C)O. The zero-order valence-corrected chi connectivity index (χ0v) is 11.6. The Labute approximate surface area is 102 Å². The Hall–Kier alpha value is -0.260. The van der Waals surface area contributed by atoms with E-state index in [0.717, 1.165) is 5.75 Å². The number of hydrogen-bond acceptors (Lipinski definition) is 4. The molecule has 0 unspecified atom stereocenters. The van der Waals surface area contributed by atoms with Gasteiger partial charge < -0.3 is 16.2 Å². The topological polar surface area (TPSA) is 75.4 Å². The van der Waals surface area contributed by atoms with Crippen molar-refractivity contribution in [3.63, 3.8) is 0 Å². The van der Waals surface area contributed by atoms with Crippen LogP contribution in [0.3, 0.4) is 0 Å². The maximum atomic E-state index is 11.8. The molecule has 96 valence electrons. The van der Waals surface area contributed by atoms with Gasteiger partial charge in [0, 0.05) is 0 Å². The van der Waals surface area contributed by atoms with Gasteiger partial charge in [-0.25, -0.2) is 0 Å². The van der Waals surface area contributed by atoms with Gasteiger partial charge in [-0.2, -0.15) is 11.8 Å². The van der Waals surface area contributed by atoms with Crippen molar-refractivity contribution in [3.05, 3.63) is 0 Å². The smallest absolute Gasteiger partial charge is 0.237 e. The highest BCUT2D eigenvalue weighted by Crippen LogP contribution is 2.20. The van der Waals surface area contributed by atoms with Crippen LogP contribution in [0.4, 0.5) is 0 Å². The Kier molecular flexibility index (Phi) is 5.79. The number of aliphatic hydroxyl groups is 1. The Morgan fingerprint density at radius 3 is 2.31 bits per heavy atom. The molecule has 1 amide bonds. The summed E-state index contributed by atoms with van der Waals surface area (Å²) in [4.78, 5) is 11.8. The lowest BCUT2D eigenvalue weighted by molar-refractivity contribution is -0.127. The van der Waals surface area contributed by atoms with Gasteiger partial charge in [-0.3, -0.25) is 4.79 Å². The van der Waals surface area contributed by atoms with Crippen molar-refractivity contribution in [2.24, 2.45) is 5.73 Å². The van der Waals surface area contributed by atoms with E-state index in [-0.39, 0.29) is 5.91 Å². The molecule has 0 aliphatic rings. The molecule has 16 heavy (non-hydrogen) atoms. The van der Waals surface area contributed by atoms with Crippen molar-refractivity contribution in [2.45, 2.75) is 51.3 Å². The van der Waals surface area contributed by atoms with Gasteiger partial charge in [-0.15, -0.1) is 0 Å². The lowest BCUT2D eigenvalue weighted by Crippen LogP contribution is -2.60. The van der Waals surface area contributed by atoms with Crippen LogP contribution < -0.4 is 11.1 Å². The molecule has 0 aromatic heterocycles. The maximum Gasteiger partial charge on any atom is 0.237 e. The summed E-state index contributed by atoms with van der Waals surface area (Å²) in [6.45, 7) is 6.90. The first kappa shape index (κ1) is 15.7. The van der Waals surface area contributed by atoms with Crippen LogP contribution in [0.2, 0.25) is 0 Å². The normalized spacial score (nSPS) is 14.7. The molecule has 4 nitrogen and oxygen atoms in total. The van der Waals surface area contributed by atoms with Crippen LogP contribution in [0, 0.1) is 0 Å². The van der Waals surface area contributed by atoms with Crippen molar-refractivity contribution < 1.29 is 9.90 Å². The molecule has 1 atom stereocenters. The summed E-state index contributed by atoms with van der Waals surface area (Å²) in [7, 11) is 0. The summed E-state index contributed by atoms with van der Waals surface area (Å²) in [5.74, 6) is 0.651. The standard InChI is InChI=1S/C11H24N2O2S/c1-10(2,11(3,4)15)13-9(14)8(12)6-7-16-5/h8,15H,6-7,12H2,1-5H3,(H,13,14)/t8-/m1/s1. The summed E-state index contributed by atoms with van der Waals surface area (Å²) in [5, 5.41) is 12.7. The van der Waals surface area contributed by atoms with E-state index in [4.69, 9.17) is 5.73 Å². The molecule has 0 saturated carbocycles. The molecule has 0 fully saturated rings. The van der Waals surface area contributed by atoms with E-state index >= 15 is 0 Å². The fraction of sp³-hybridized carbons (Fsp3) is 0.909. The molecular weight excluding hydrogens is 224 g/mol. The van der Waals surface area contributed by atoms with Gasteiger partial charge in [0.2, 0.25) is 5.91 Å². The van der Waals surface area contributed by atoms with Gasteiger partial charge in [0.15, 0.2) is 0 Å². The fourth-order valence-electron chi connectivity index (χ4n) is 0.930. The lowest BCUT2D eigenvalue weighted by atomic mass is 9.85. The van der Waals surface area contributed by atoms with Crippen LogP contribution in [0.5, 0.6) is 0 Å². The summed E-state index contributed by atoms with van der Waals surface area (Å²) < 4.78 is 0. The molecule has 0 radical (unpaired) electrons. The minimum Gasteiger partial charge on any atom is -0.388 e. The highest BCUT2D eigenvalue weighted by Gasteiger charge is 2.37. The zero-order valence-electron chi connectivity index (χ0n) is 10.8. The second kappa shape index (κ2) is 5.89. The molecule has 0 spiro atoms. The number of nitrogens with one attached hydrogen (secondary N) is 1. The number of thioether (sulfide) groups is 1. The summed E-state index contributed by atoms with van der Waals surface area (Å²) >= 11 is 1.66. The van der Waals surface area contributed by atoms with E-state index in [1.165, 1.54) is 0 Å². The third-order valence-electron chi connectivity index (χ3n) is 2.93. The second-order valence-corrected chi connectivity index (χ2v) is 6.05. The minimum atomic E-state index is -0.984. The summed E-state index contributed by atoms with van der Waals surface area (Å²) in [5.41, 5.74) is 4.07. The Bertz CT molecular complexity index is 237. The molecule has 0 aliphatic heterocycles. The van der Waals surface area contributed by atoms with E-state index in [9.17, 15) is 9.90 Å². The van der Waals surface area contributed by atoms with Crippen LogP contribution >= 0.6 is 11.8 Å². The van der Waals surface area contributed by atoms with Crippen molar-refractivity contribution in [1.82, 2.24) is 5.32 Å². The number of rotatable bonds is 6. The first-order valence-corrected chi connectivity index (χ1v) is 6.80. The highest BCUT2D eigenvalue weighted by molar-refractivity contribution is 7.98. The first-order valence-electron chi connectivity index (χ1n) is 5.40. The van der Waals surface area contributed by atoms with Gasteiger partial charge in [0.1, 0.15) is 0 Å². The van der Waals surface area contributed by atoms with E-state index < -0.39 is 17.2 Å². The van der Waals surface area contributed by atoms with Gasteiger partial charge in [-0.1, -0.05) is 0 Å². The monoisotopic (exact) mass is 248 g/mol. The average molecular weight is 248 g/mol. The molecule has 5 heteroatoms. The maximum absolute atomic E-state index is 11.8. The number of hydrogen-bond donors (Lipinski definition) is 3. The Morgan fingerprint density at radius 1 is 1.44 bits per heavy atom. The fourth-order valence-corrected chi connectivity index (χ4v) is 1.42. The predicted molar refractivity (Wildman–Crippen MR) is 69.5 cm³/mol. The van der Waals surface area contributed by atoms with E-state index in [1.54, 1.807) is 39.5 Å². The molecule has 0 saturated heterocycles. The van der Waals surface area contributed by atoms with Crippen molar-refractivity contribution >= 4 is 17.7 Å². The van der Waals surface area contributed by atoms with E-state index in [0.29, 0.717) is 6.42 Å². The molecule has 0 aliphatic carbocycles. The van der Waals surface area contributed by atoms with Crippen LogP contribution in [-0.4, -0.2) is 40.2 Å². The lowest BCUT2D eigenvalue weighted by Gasteiger charge is -2.38. The highest BCUT2D eigenvalue weighted by atomic mass is 32.2. The van der Waals surface area contributed by atoms with Crippen molar-refractivity contribution in [3.8, 4) is 0 Å². The number of amides is 1. The third-order valence-corrected chi connectivity index (χ3v) is 3.58. The summed E-state index contributed by atoms with van der Waals surface area (Å²) in [6, 6.07) is -0.505. The Morgan fingerprint density at radius 2 is 1.94 bits per heavy atom. The average Bonchev–Trinajstić information content (AvgIpc) is 2.11. The number of carbonyl (C=O) groups is 1. The van der Waals surface area contributed by atoms with Crippen molar-refractivity contribution in [1.29, 1.82) is 0 Å². The molecule has 0 aromatic carbocycles. The molecule has 0 bridgehead atoms. The minimum absolute atomic E-state index is 0.207. The first-order chi connectivity index (χ1) is 7.12. The van der Waals surface area contributed by atoms with Crippen LogP contribution in [0.25, 0.3) is 0 Å². The second-order valence-electron chi connectivity index (χ2n) is 5.06. The molecule has 0 heterocycles. The van der Waals surface area contributed by atoms with Gasteiger partial charge in [0.05, 0.1) is 17.2 Å². The summed E-state index contributed by atoms with van der Waals surface area (Å²) in [6.07, 6.45) is 2.63. The third kappa shape index (κ3) is 4.72. The van der Waals surface area contributed by atoms with E-state index in [2.05, 4.69) is 5.32 Å². The van der Waals surface area contributed by atoms with Gasteiger partial charge in [-0.05, 0) is 46.1 Å². The van der Waals surface area contributed by atoms with Gasteiger partial charge in [0.25, 0.3) is 0 Å². The Balaban J connectivity index is 4.33. The number of carbonyl (C=O) groups excluding carboxylic acids is 1. The van der Waals surface area contributed by atoms with Crippen LogP contribution in [0.1, 0.15) is 34.1 Å². The molecule has 0 rings (SSSR count). The zero-order chi connectivity index (χ0) is 13.0. The molecule has 4 N–H and O–H groups in total.